The summed E-state index contributed by atoms with van der Waals surface area (Å²) in [7, 11) is 0. The first-order valence-electron chi connectivity index (χ1n) is 12.1. The van der Waals surface area contributed by atoms with E-state index in [4.69, 9.17) is 15.2 Å². The van der Waals surface area contributed by atoms with Gasteiger partial charge in [-0.3, -0.25) is 14.5 Å². The molecule has 2 fully saturated rings. The van der Waals surface area contributed by atoms with Gasteiger partial charge in [0.1, 0.15) is 5.75 Å². The third-order valence-electron chi connectivity index (χ3n) is 6.99. The summed E-state index contributed by atoms with van der Waals surface area (Å²) >= 11 is 0. The van der Waals surface area contributed by atoms with Crippen LogP contribution in [-0.2, 0) is 20.9 Å². The molecule has 2 aliphatic carbocycles. The number of hydrogen-bond donors (Lipinski definition) is 2. The molecule has 2 aliphatic rings. The van der Waals surface area contributed by atoms with Crippen molar-refractivity contribution >= 4 is 11.8 Å². The number of nitrogens with zero attached hydrogens (tertiary/aromatic N) is 1. The lowest BCUT2D eigenvalue weighted by molar-refractivity contribution is -0.183. The van der Waals surface area contributed by atoms with Crippen LogP contribution in [0.2, 0.25) is 0 Å². The van der Waals surface area contributed by atoms with Crippen LogP contribution in [0, 0.1) is 5.41 Å². The first-order chi connectivity index (χ1) is 15.5. The molecule has 2 saturated carbocycles. The van der Waals surface area contributed by atoms with Crippen molar-refractivity contribution in [2.45, 2.75) is 77.5 Å². The third kappa shape index (κ3) is 6.01. The highest BCUT2D eigenvalue weighted by molar-refractivity contribution is 5.78. The molecule has 32 heavy (non-hydrogen) atoms. The minimum Gasteiger partial charge on any atom is -0.484 e. The maximum absolute atomic E-state index is 12.8. The van der Waals surface area contributed by atoms with E-state index in [1.807, 2.05) is 12.1 Å². The van der Waals surface area contributed by atoms with E-state index in [9.17, 15) is 9.59 Å². The van der Waals surface area contributed by atoms with Crippen LogP contribution >= 0.6 is 0 Å². The van der Waals surface area contributed by atoms with Crippen molar-refractivity contribution in [2.24, 2.45) is 11.1 Å². The number of nitrogens with one attached hydrogen (secondary N) is 1. The summed E-state index contributed by atoms with van der Waals surface area (Å²) in [4.78, 5) is 26.0. The molecule has 0 unspecified atom stereocenters. The van der Waals surface area contributed by atoms with Crippen LogP contribution < -0.4 is 15.8 Å². The summed E-state index contributed by atoms with van der Waals surface area (Å²) in [6, 6.07) is 7.77. The van der Waals surface area contributed by atoms with E-state index in [1.54, 1.807) is 12.1 Å². The lowest BCUT2D eigenvalue weighted by Crippen LogP contribution is -2.66. The first kappa shape index (κ1) is 24.5. The van der Waals surface area contributed by atoms with Gasteiger partial charge in [-0.25, -0.2) is 0 Å². The van der Waals surface area contributed by atoms with Crippen molar-refractivity contribution in [3.63, 3.8) is 0 Å². The van der Waals surface area contributed by atoms with E-state index in [0.717, 1.165) is 31.6 Å². The van der Waals surface area contributed by atoms with E-state index in [1.165, 1.54) is 32.1 Å². The molecule has 2 amide bonds. The van der Waals surface area contributed by atoms with E-state index in [2.05, 4.69) is 24.1 Å². The van der Waals surface area contributed by atoms with Gasteiger partial charge < -0.3 is 20.5 Å². The molecule has 0 radical (unpaired) electrons. The fraction of sp³-hybridized carbons (Fsp3) is 0.680. The minimum absolute atomic E-state index is 0.0540. The van der Waals surface area contributed by atoms with Gasteiger partial charge in [0.25, 0.3) is 5.91 Å². The number of nitrogens with two attached hydrogens (primary N) is 1. The molecule has 3 N–H and O–H groups in total. The van der Waals surface area contributed by atoms with Crippen molar-refractivity contribution in [2.75, 3.05) is 26.3 Å². The highest BCUT2D eigenvalue weighted by atomic mass is 16.5. The molecule has 7 heteroatoms. The van der Waals surface area contributed by atoms with Crippen LogP contribution in [0.15, 0.2) is 24.3 Å². The SMILES string of the molecule is CCCN(CC(=O)NCc1ccc(OCC(N)=O)cc1)[C@@H]1C[C@@H](OCC)C12CCCCC2. The van der Waals surface area contributed by atoms with E-state index in [0.29, 0.717) is 31.0 Å². The van der Waals surface area contributed by atoms with Crippen LogP contribution in [0.5, 0.6) is 5.75 Å². The first-order valence-corrected chi connectivity index (χ1v) is 12.1. The highest BCUT2D eigenvalue weighted by Crippen LogP contribution is 2.55. The molecule has 1 aromatic rings. The van der Waals surface area contributed by atoms with E-state index < -0.39 is 5.91 Å². The molecule has 0 saturated heterocycles. The van der Waals surface area contributed by atoms with Gasteiger partial charge in [0.2, 0.25) is 5.91 Å². The van der Waals surface area contributed by atoms with Crippen molar-refractivity contribution < 1.29 is 19.1 Å². The molecular weight excluding hydrogens is 406 g/mol. The largest absolute Gasteiger partial charge is 0.484 e. The Morgan fingerprint density at radius 2 is 1.88 bits per heavy atom. The Bertz CT molecular complexity index is 746. The topological polar surface area (TPSA) is 93.9 Å². The summed E-state index contributed by atoms with van der Waals surface area (Å²) in [5.41, 5.74) is 6.30. The normalized spacial score (nSPS) is 21.8. The fourth-order valence-electron chi connectivity index (χ4n) is 5.47. The summed E-state index contributed by atoms with van der Waals surface area (Å²) in [5.74, 6) is 0.130. The molecule has 1 spiro atoms. The number of hydrogen-bond acceptors (Lipinski definition) is 5. The smallest absolute Gasteiger partial charge is 0.255 e. The third-order valence-corrected chi connectivity index (χ3v) is 6.99. The van der Waals surface area contributed by atoms with Crippen molar-refractivity contribution in [3.05, 3.63) is 29.8 Å². The zero-order valence-corrected chi connectivity index (χ0v) is 19.6. The molecule has 3 rings (SSSR count). The lowest BCUT2D eigenvalue weighted by Gasteiger charge is -2.60. The predicted molar refractivity (Wildman–Crippen MR) is 124 cm³/mol. The Morgan fingerprint density at radius 1 is 1.16 bits per heavy atom. The molecule has 7 nitrogen and oxygen atoms in total. The van der Waals surface area contributed by atoms with Gasteiger partial charge in [0.05, 0.1) is 12.6 Å². The second-order valence-corrected chi connectivity index (χ2v) is 9.14. The van der Waals surface area contributed by atoms with Crippen LogP contribution in [0.1, 0.15) is 64.4 Å². The Labute approximate surface area is 192 Å². The number of primary amides is 1. The summed E-state index contributed by atoms with van der Waals surface area (Å²) in [5, 5.41) is 3.06. The molecule has 0 bridgehead atoms. The quantitative estimate of drug-likeness (QED) is 0.516. The summed E-state index contributed by atoms with van der Waals surface area (Å²) in [6.07, 6.45) is 8.70. The maximum Gasteiger partial charge on any atom is 0.255 e. The average Bonchev–Trinajstić information content (AvgIpc) is 2.80. The number of rotatable bonds is 12. The molecular formula is C25H39N3O4. The molecule has 2 atom stereocenters. The van der Waals surface area contributed by atoms with Crippen molar-refractivity contribution in [1.29, 1.82) is 0 Å². The number of benzene rings is 1. The van der Waals surface area contributed by atoms with Gasteiger partial charge in [0, 0.05) is 24.6 Å². The van der Waals surface area contributed by atoms with Crippen LogP contribution in [0.25, 0.3) is 0 Å². The Balaban J connectivity index is 1.54. The minimum atomic E-state index is -0.507. The Hall–Kier alpha value is -2.12. The number of carbonyl (C=O) groups is 2. The summed E-state index contributed by atoms with van der Waals surface area (Å²) < 4.78 is 11.4. The van der Waals surface area contributed by atoms with Gasteiger partial charge in [-0.2, -0.15) is 0 Å². The zero-order valence-electron chi connectivity index (χ0n) is 19.6. The molecule has 178 valence electrons. The van der Waals surface area contributed by atoms with Crippen molar-refractivity contribution in [1.82, 2.24) is 10.2 Å². The second kappa shape index (κ2) is 11.7. The monoisotopic (exact) mass is 445 g/mol. The predicted octanol–water partition coefficient (Wildman–Crippen LogP) is 3.01. The molecule has 0 aromatic heterocycles. The van der Waals surface area contributed by atoms with Gasteiger partial charge in [-0.15, -0.1) is 0 Å². The number of carbonyl (C=O) groups excluding carboxylic acids is 2. The lowest BCUT2D eigenvalue weighted by atomic mass is 9.54. The second-order valence-electron chi connectivity index (χ2n) is 9.14. The van der Waals surface area contributed by atoms with Gasteiger partial charge in [0.15, 0.2) is 6.61 Å². The molecule has 1 aromatic carbocycles. The fourth-order valence-corrected chi connectivity index (χ4v) is 5.47. The van der Waals surface area contributed by atoms with Gasteiger partial charge in [-0.05, 0) is 56.8 Å². The molecule has 0 aliphatic heterocycles. The maximum atomic E-state index is 12.8. The van der Waals surface area contributed by atoms with Crippen LogP contribution in [-0.4, -0.2) is 55.2 Å². The molecule has 0 heterocycles. The number of amides is 2. The Morgan fingerprint density at radius 3 is 2.50 bits per heavy atom. The highest BCUT2D eigenvalue weighted by Gasteiger charge is 2.57. The van der Waals surface area contributed by atoms with Gasteiger partial charge in [-0.1, -0.05) is 38.3 Å². The van der Waals surface area contributed by atoms with Gasteiger partial charge >= 0.3 is 0 Å². The summed E-state index contributed by atoms with van der Waals surface area (Å²) in [6.45, 7) is 6.71. The van der Waals surface area contributed by atoms with Crippen LogP contribution in [0.3, 0.4) is 0 Å². The average molecular weight is 446 g/mol. The zero-order chi connectivity index (χ0) is 23.0. The van der Waals surface area contributed by atoms with E-state index in [-0.39, 0.29) is 17.9 Å². The number of ether oxygens (including phenoxy) is 2. The van der Waals surface area contributed by atoms with Crippen LogP contribution in [0.4, 0.5) is 0 Å². The van der Waals surface area contributed by atoms with E-state index >= 15 is 0 Å². The standard InChI is InChI=1S/C25H39N3O4/c1-3-14-28(21-15-22(31-4-2)25(21)12-6-5-7-13-25)17-24(30)27-16-19-8-10-20(11-9-19)32-18-23(26)29/h8-11,21-22H,3-7,12-18H2,1-2H3,(H2,26,29)(H,27,30)/t21-,22-/m1/s1. The van der Waals surface area contributed by atoms with Crippen molar-refractivity contribution in [3.8, 4) is 5.75 Å². The Kier molecular flexibility index (Phi) is 8.93.